The molecule has 2 aromatic heterocycles. The number of rotatable bonds is 3. The number of hydrogen-bond acceptors (Lipinski definition) is 4. The highest BCUT2D eigenvalue weighted by Crippen LogP contribution is 2.28. The molecule has 0 N–H and O–H groups in total. The van der Waals surface area contributed by atoms with E-state index in [1.165, 1.54) is 17.1 Å². The zero-order chi connectivity index (χ0) is 18.8. The van der Waals surface area contributed by atoms with E-state index < -0.39 is 11.6 Å². The molecule has 1 aromatic carbocycles. The summed E-state index contributed by atoms with van der Waals surface area (Å²) in [5.41, 5.74) is 0.856. The third kappa shape index (κ3) is 3.42. The van der Waals surface area contributed by atoms with Crippen molar-refractivity contribution in [2.24, 2.45) is 0 Å². The van der Waals surface area contributed by atoms with Crippen LogP contribution in [0.15, 0.2) is 48.9 Å². The number of halogens is 2. The van der Waals surface area contributed by atoms with Gasteiger partial charge in [0.25, 0.3) is 5.91 Å². The first-order chi connectivity index (χ1) is 13.1. The molecule has 138 valence electrons. The van der Waals surface area contributed by atoms with Gasteiger partial charge < -0.3 is 4.90 Å². The van der Waals surface area contributed by atoms with Gasteiger partial charge in [0.2, 0.25) is 0 Å². The van der Waals surface area contributed by atoms with Crippen LogP contribution < -0.4 is 0 Å². The highest BCUT2D eigenvalue weighted by Gasteiger charge is 2.28. The van der Waals surface area contributed by atoms with Crippen LogP contribution in [0.3, 0.4) is 0 Å². The third-order valence-electron chi connectivity index (χ3n) is 4.75. The molecular weight excluding hydrogens is 352 g/mol. The Labute approximate surface area is 154 Å². The normalized spacial score (nSPS) is 15.1. The van der Waals surface area contributed by atoms with Gasteiger partial charge in [0.1, 0.15) is 17.8 Å². The predicted octanol–water partition coefficient (Wildman–Crippen LogP) is 2.96. The van der Waals surface area contributed by atoms with E-state index >= 15 is 0 Å². The van der Waals surface area contributed by atoms with Crippen molar-refractivity contribution < 1.29 is 13.6 Å². The number of amides is 1. The first-order valence-corrected chi connectivity index (χ1v) is 8.69. The van der Waals surface area contributed by atoms with Crippen LogP contribution >= 0.6 is 0 Å². The number of nitrogens with zero attached hydrogens (tertiary/aromatic N) is 5. The molecule has 0 spiro atoms. The molecule has 1 amide bonds. The summed E-state index contributed by atoms with van der Waals surface area (Å²) < 4.78 is 28.3. The van der Waals surface area contributed by atoms with E-state index in [1.54, 1.807) is 29.3 Å². The highest BCUT2D eigenvalue weighted by atomic mass is 19.2. The summed E-state index contributed by atoms with van der Waals surface area (Å²) in [6.45, 7) is 1.15. The van der Waals surface area contributed by atoms with Gasteiger partial charge in [0.15, 0.2) is 11.6 Å². The summed E-state index contributed by atoms with van der Waals surface area (Å²) >= 11 is 0. The van der Waals surface area contributed by atoms with Gasteiger partial charge in [-0.05, 0) is 37.1 Å². The number of benzene rings is 1. The minimum absolute atomic E-state index is 0.0772. The van der Waals surface area contributed by atoms with Crippen molar-refractivity contribution in [3.63, 3.8) is 0 Å². The molecule has 1 aliphatic heterocycles. The summed E-state index contributed by atoms with van der Waals surface area (Å²) in [5, 5.41) is 4.16. The van der Waals surface area contributed by atoms with Crippen molar-refractivity contribution in [2.75, 3.05) is 13.1 Å². The fraction of sp³-hybridized carbons (Fsp3) is 0.263. The minimum atomic E-state index is -0.926. The van der Waals surface area contributed by atoms with Crippen molar-refractivity contribution in [2.45, 2.75) is 18.8 Å². The fourth-order valence-corrected chi connectivity index (χ4v) is 3.34. The Morgan fingerprint density at radius 1 is 1.04 bits per heavy atom. The van der Waals surface area contributed by atoms with E-state index in [-0.39, 0.29) is 11.8 Å². The minimum Gasteiger partial charge on any atom is -0.337 e. The van der Waals surface area contributed by atoms with Gasteiger partial charge in [0, 0.05) is 31.3 Å². The van der Waals surface area contributed by atoms with Crippen molar-refractivity contribution in [3.8, 4) is 5.69 Å². The molecule has 3 heterocycles. The summed E-state index contributed by atoms with van der Waals surface area (Å²) in [6, 6.07) is 8.91. The van der Waals surface area contributed by atoms with Crippen LogP contribution in [-0.4, -0.2) is 43.6 Å². The molecule has 27 heavy (non-hydrogen) atoms. The Balaban J connectivity index is 1.49. The molecule has 0 radical (unpaired) electrons. The van der Waals surface area contributed by atoms with E-state index in [0.29, 0.717) is 43.1 Å². The summed E-state index contributed by atoms with van der Waals surface area (Å²) in [6.07, 6.45) is 4.42. The van der Waals surface area contributed by atoms with Crippen LogP contribution in [-0.2, 0) is 0 Å². The average Bonchev–Trinajstić information content (AvgIpc) is 3.20. The van der Waals surface area contributed by atoms with Crippen molar-refractivity contribution in [1.29, 1.82) is 0 Å². The summed E-state index contributed by atoms with van der Waals surface area (Å²) in [5.74, 6) is -1.15. The van der Waals surface area contributed by atoms with Gasteiger partial charge in [-0.2, -0.15) is 5.10 Å². The Morgan fingerprint density at radius 2 is 1.85 bits per heavy atom. The topological polar surface area (TPSA) is 63.9 Å². The van der Waals surface area contributed by atoms with E-state index in [0.717, 1.165) is 12.1 Å². The van der Waals surface area contributed by atoms with Crippen LogP contribution in [0.5, 0.6) is 0 Å². The second-order valence-electron chi connectivity index (χ2n) is 6.41. The lowest BCUT2D eigenvalue weighted by Gasteiger charge is -2.31. The molecule has 3 aromatic rings. The Bertz CT molecular complexity index is 952. The van der Waals surface area contributed by atoms with E-state index in [9.17, 15) is 13.6 Å². The average molecular weight is 369 g/mol. The van der Waals surface area contributed by atoms with Gasteiger partial charge >= 0.3 is 0 Å². The predicted molar refractivity (Wildman–Crippen MR) is 93.4 cm³/mol. The van der Waals surface area contributed by atoms with Gasteiger partial charge in [-0.15, -0.1) is 0 Å². The first-order valence-electron chi connectivity index (χ1n) is 8.69. The Kier molecular flexibility index (Phi) is 4.62. The Morgan fingerprint density at radius 3 is 2.56 bits per heavy atom. The largest absolute Gasteiger partial charge is 0.337 e. The van der Waals surface area contributed by atoms with Crippen LogP contribution in [0.25, 0.3) is 5.69 Å². The molecule has 1 aliphatic rings. The summed E-state index contributed by atoms with van der Waals surface area (Å²) in [4.78, 5) is 22.7. The lowest BCUT2D eigenvalue weighted by molar-refractivity contribution is 0.0704. The number of hydrogen-bond donors (Lipinski definition) is 0. The molecule has 0 bridgehead atoms. The molecule has 1 saturated heterocycles. The quantitative estimate of drug-likeness (QED) is 0.712. The van der Waals surface area contributed by atoms with E-state index in [2.05, 4.69) is 15.1 Å². The molecule has 0 saturated carbocycles. The van der Waals surface area contributed by atoms with Crippen molar-refractivity contribution in [3.05, 3.63) is 72.1 Å². The number of piperidine rings is 1. The number of aromatic nitrogens is 4. The molecule has 0 aliphatic carbocycles. The lowest BCUT2D eigenvalue weighted by Crippen LogP contribution is -2.38. The molecule has 6 nitrogen and oxygen atoms in total. The van der Waals surface area contributed by atoms with Crippen LogP contribution in [0.1, 0.15) is 35.1 Å². The monoisotopic (exact) mass is 369 g/mol. The zero-order valence-corrected chi connectivity index (χ0v) is 14.4. The highest BCUT2D eigenvalue weighted by molar-refractivity contribution is 5.92. The smallest absolute Gasteiger partial charge is 0.272 e. The van der Waals surface area contributed by atoms with E-state index in [1.807, 2.05) is 0 Å². The lowest BCUT2D eigenvalue weighted by atomic mass is 9.95. The molecule has 0 unspecified atom stereocenters. The SMILES string of the molecule is O=C(c1ccccn1)N1CCC(c2ncnn2-c2ccc(F)c(F)c2)CC1. The van der Waals surface area contributed by atoms with E-state index in [4.69, 9.17) is 0 Å². The number of carbonyl (C=O) groups excluding carboxylic acids is 1. The van der Waals surface area contributed by atoms with Gasteiger partial charge in [0.05, 0.1) is 5.69 Å². The van der Waals surface area contributed by atoms with Crippen molar-refractivity contribution in [1.82, 2.24) is 24.6 Å². The maximum absolute atomic E-state index is 13.6. The molecule has 8 heteroatoms. The second-order valence-corrected chi connectivity index (χ2v) is 6.41. The number of likely N-dealkylation sites (tertiary alicyclic amines) is 1. The number of carbonyl (C=O) groups is 1. The first kappa shape index (κ1) is 17.3. The van der Waals surface area contributed by atoms with Gasteiger partial charge in [-0.3, -0.25) is 9.78 Å². The van der Waals surface area contributed by atoms with Crippen LogP contribution in [0.4, 0.5) is 8.78 Å². The molecular formula is C19H17F2N5O. The van der Waals surface area contributed by atoms with Gasteiger partial charge in [-0.25, -0.2) is 18.4 Å². The maximum Gasteiger partial charge on any atom is 0.272 e. The third-order valence-corrected chi connectivity index (χ3v) is 4.75. The van der Waals surface area contributed by atoms with Crippen LogP contribution in [0, 0.1) is 11.6 Å². The van der Waals surface area contributed by atoms with Crippen LogP contribution in [0.2, 0.25) is 0 Å². The number of pyridine rings is 1. The van der Waals surface area contributed by atoms with Crippen molar-refractivity contribution >= 4 is 5.91 Å². The van der Waals surface area contributed by atoms with Gasteiger partial charge in [-0.1, -0.05) is 6.07 Å². The Hall–Kier alpha value is -3.16. The fourth-order valence-electron chi connectivity index (χ4n) is 3.34. The molecule has 0 atom stereocenters. The second kappa shape index (κ2) is 7.22. The molecule has 1 fully saturated rings. The standard InChI is InChI=1S/C19H17F2N5O/c20-15-5-4-14(11-16(15)21)26-18(23-12-24-26)13-6-9-25(10-7-13)19(27)17-3-1-2-8-22-17/h1-5,8,11-13H,6-7,9-10H2. The maximum atomic E-state index is 13.6. The molecule has 4 rings (SSSR count). The zero-order valence-electron chi connectivity index (χ0n) is 14.4. The summed E-state index contributed by atoms with van der Waals surface area (Å²) in [7, 11) is 0.